The molecule has 1 amide bonds. The first-order chi connectivity index (χ1) is 8.56. The lowest BCUT2D eigenvalue weighted by atomic mass is 10.1. The Morgan fingerprint density at radius 3 is 2.72 bits per heavy atom. The second kappa shape index (κ2) is 4.94. The van der Waals surface area contributed by atoms with Gasteiger partial charge in [-0.1, -0.05) is 17.7 Å². The van der Waals surface area contributed by atoms with E-state index in [0.29, 0.717) is 6.54 Å². The fourth-order valence-corrected chi connectivity index (χ4v) is 2.23. The summed E-state index contributed by atoms with van der Waals surface area (Å²) in [5, 5.41) is 11.0. The smallest absolute Gasteiger partial charge is 0.300 e. The zero-order valence-electron chi connectivity index (χ0n) is 9.93. The molecule has 1 aromatic rings. The summed E-state index contributed by atoms with van der Waals surface area (Å²) in [5.41, 5.74) is -0.232. The highest BCUT2D eigenvalue weighted by Gasteiger charge is 2.35. The lowest BCUT2D eigenvalue weighted by Gasteiger charge is -2.20. The lowest BCUT2D eigenvalue weighted by molar-refractivity contribution is -0.385. The van der Waals surface area contributed by atoms with E-state index in [1.807, 2.05) is 6.92 Å². The summed E-state index contributed by atoms with van der Waals surface area (Å²) < 4.78 is 0. The Hall–Kier alpha value is -1.62. The van der Waals surface area contributed by atoms with Crippen molar-refractivity contribution in [1.29, 1.82) is 0 Å². The van der Waals surface area contributed by atoms with Gasteiger partial charge in [-0.05, 0) is 31.9 Å². The molecule has 2 rings (SSSR count). The highest BCUT2D eigenvalue weighted by molar-refractivity contribution is 6.33. The summed E-state index contributed by atoms with van der Waals surface area (Å²) in [4.78, 5) is 24.4. The normalized spacial score (nSPS) is 14.3. The predicted molar refractivity (Wildman–Crippen MR) is 67.8 cm³/mol. The number of halogens is 1. The van der Waals surface area contributed by atoms with E-state index in [1.54, 1.807) is 11.0 Å². The Balaban J connectivity index is 2.40. The minimum absolute atomic E-state index is 0.00213. The first kappa shape index (κ1) is 12.8. The van der Waals surface area contributed by atoms with Crippen molar-refractivity contribution in [3.8, 4) is 0 Å². The van der Waals surface area contributed by atoms with Crippen molar-refractivity contribution in [1.82, 2.24) is 4.90 Å². The van der Waals surface area contributed by atoms with Gasteiger partial charge in [-0.25, -0.2) is 0 Å². The molecule has 5 nitrogen and oxygen atoms in total. The minimum atomic E-state index is -0.601. The lowest BCUT2D eigenvalue weighted by Crippen LogP contribution is -2.33. The molecule has 0 aliphatic heterocycles. The van der Waals surface area contributed by atoms with Crippen molar-refractivity contribution in [3.05, 3.63) is 38.9 Å². The molecule has 0 heterocycles. The van der Waals surface area contributed by atoms with Gasteiger partial charge in [-0.2, -0.15) is 0 Å². The number of nitro groups is 1. The van der Waals surface area contributed by atoms with Crippen molar-refractivity contribution in [2.24, 2.45) is 0 Å². The molecule has 96 valence electrons. The summed E-state index contributed by atoms with van der Waals surface area (Å²) in [6, 6.07) is 4.66. The van der Waals surface area contributed by atoms with Crippen LogP contribution in [0.25, 0.3) is 0 Å². The van der Waals surface area contributed by atoms with E-state index in [4.69, 9.17) is 11.6 Å². The maximum Gasteiger partial charge on any atom is 0.300 e. The third-order valence-corrected chi connectivity index (χ3v) is 3.29. The molecule has 0 N–H and O–H groups in total. The van der Waals surface area contributed by atoms with Crippen molar-refractivity contribution in [3.63, 3.8) is 0 Å². The van der Waals surface area contributed by atoms with Crippen LogP contribution in [0.5, 0.6) is 0 Å². The summed E-state index contributed by atoms with van der Waals surface area (Å²) in [6.45, 7) is 2.42. The van der Waals surface area contributed by atoms with E-state index < -0.39 is 4.92 Å². The number of nitrogens with zero attached hydrogens (tertiary/aromatic N) is 2. The van der Waals surface area contributed by atoms with Gasteiger partial charge in [0, 0.05) is 12.6 Å². The molecule has 0 unspecified atom stereocenters. The van der Waals surface area contributed by atoms with E-state index in [-0.39, 0.29) is 28.2 Å². The van der Waals surface area contributed by atoms with Crippen LogP contribution >= 0.6 is 11.6 Å². The minimum Gasteiger partial charge on any atom is -0.336 e. The number of nitro benzene ring substituents is 1. The first-order valence-electron chi connectivity index (χ1n) is 5.80. The predicted octanol–water partition coefficient (Wildman–Crippen LogP) is 2.87. The van der Waals surface area contributed by atoms with Gasteiger partial charge in [-0.15, -0.1) is 0 Å². The maximum absolute atomic E-state index is 12.3. The monoisotopic (exact) mass is 268 g/mol. The first-order valence-corrected chi connectivity index (χ1v) is 6.18. The van der Waals surface area contributed by atoms with Crippen molar-refractivity contribution < 1.29 is 9.72 Å². The van der Waals surface area contributed by atoms with Gasteiger partial charge in [0.2, 0.25) is 0 Å². The summed E-state index contributed by atoms with van der Waals surface area (Å²) in [6.07, 6.45) is 1.93. The van der Waals surface area contributed by atoms with Crippen LogP contribution < -0.4 is 0 Å². The van der Waals surface area contributed by atoms with Crippen LogP contribution in [0, 0.1) is 10.1 Å². The molecule has 1 saturated carbocycles. The van der Waals surface area contributed by atoms with Gasteiger partial charge in [0.1, 0.15) is 10.6 Å². The largest absolute Gasteiger partial charge is 0.336 e. The number of amides is 1. The molecule has 18 heavy (non-hydrogen) atoms. The molecule has 0 radical (unpaired) electrons. The highest BCUT2D eigenvalue weighted by Crippen LogP contribution is 2.33. The molecule has 0 saturated heterocycles. The standard InChI is InChI=1S/C12H13ClN2O3/c1-2-14(8-6-7-8)12(16)9-4-3-5-10(13)11(9)15(17)18/h3-5,8H,2,6-7H2,1H3. The Kier molecular flexibility index (Phi) is 3.52. The number of carbonyl (C=O) groups excluding carboxylic acids is 1. The van der Waals surface area contributed by atoms with Gasteiger partial charge in [0.05, 0.1) is 4.92 Å². The van der Waals surface area contributed by atoms with E-state index in [9.17, 15) is 14.9 Å². The fraction of sp³-hybridized carbons (Fsp3) is 0.417. The summed E-state index contributed by atoms with van der Waals surface area (Å²) >= 11 is 5.80. The Bertz CT molecular complexity index is 500. The van der Waals surface area contributed by atoms with Crippen LogP contribution in [0.3, 0.4) is 0 Å². The van der Waals surface area contributed by atoms with E-state index in [0.717, 1.165) is 12.8 Å². The molecule has 0 bridgehead atoms. The summed E-state index contributed by atoms with van der Waals surface area (Å²) in [5.74, 6) is -0.311. The van der Waals surface area contributed by atoms with Crippen LogP contribution in [0.4, 0.5) is 5.69 Å². The van der Waals surface area contributed by atoms with E-state index in [1.165, 1.54) is 12.1 Å². The van der Waals surface area contributed by atoms with Gasteiger partial charge < -0.3 is 4.90 Å². The second-order valence-electron chi connectivity index (χ2n) is 4.22. The molecular formula is C12H13ClN2O3. The number of carbonyl (C=O) groups is 1. The average molecular weight is 269 g/mol. The third kappa shape index (κ3) is 2.31. The topological polar surface area (TPSA) is 63.5 Å². The highest BCUT2D eigenvalue weighted by atomic mass is 35.5. The van der Waals surface area contributed by atoms with Crippen molar-refractivity contribution in [2.75, 3.05) is 6.54 Å². The second-order valence-corrected chi connectivity index (χ2v) is 4.62. The average Bonchev–Trinajstić information content (AvgIpc) is 3.13. The molecule has 1 aliphatic rings. The zero-order valence-corrected chi connectivity index (χ0v) is 10.7. The van der Waals surface area contributed by atoms with Crippen LogP contribution in [0.2, 0.25) is 5.02 Å². The Morgan fingerprint density at radius 2 is 2.22 bits per heavy atom. The van der Waals surface area contributed by atoms with Crippen LogP contribution in [0.15, 0.2) is 18.2 Å². The maximum atomic E-state index is 12.3. The van der Waals surface area contributed by atoms with Crippen LogP contribution in [0.1, 0.15) is 30.1 Å². The quantitative estimate of drug-likeness (QED) is 0.623. The van der Waals surface area contributed by atoms with Gasteiger partial charge >= 0.3 is 5.69 Å². The summed E-state index contributed by atoms with van der Waals surface area (Å²) in [7, 11) is 0. The van der Waals surface area contributed by atoms with Gasteiger partial charge in [0.25, 0.3) is 5.91 Å². The molecule has 6 heteroatoms. The van der Waals surface area contributed by atoms with Crippen molar-refractivity contribution >= 4 is 23.2 Å². The zero-order chi connectivity index (χ0) is 13.3. The molecule has 0 spiro atoms. The molecular weight excluding hydrogens is 256 g/mol. The Labute approximate surface area is 109 Å². The third-order valence-electron chi connectivity index (χ3n) is 2.99. The molecule has 1 aromatic carbocycles. The number of hydrogen-bond acceptors (Lipinski definition) is 3. The molecule has 0 atom stereocenters. The molecule has 1 aliphatic carbocycles. The number of hydrogen-bond donors (Lipinski definition) is 0. The van der Waals surface area contributed by atoms with Crippen molar-refractivity contribution in [2.45, 2.75) is 25.8 Å². The van der Waals surface area contributed by atoms with Crippen LogP contribution in [-0.4, -0.2) is 28.3 Å². The number of para-hydroxylation sites is 1. The fourth-order valence-electron chi connectivity index (χ4n) is 1.98. The van der Waals surface area contributed by atoms with Gasteiger partial charge in [0.15, 0.2) is 0 Å². The SMILES string of the molecule is CCN(C(=O)c1cccc(Cl)c1[N+](=O)[O-])C1CC1. The molecule has 1 fully saturated rings. The number of rotatable bonds is 4. The van der Waals surface area contributed by atoms with Crippen LogP contribution in [-0.2, 0) is 0 Å². The van der Waals surface area contributed by atoms with Gasteiger partial charge in [-0.3, -0.25) is 14.9 Å². The van der Waals surface area contributed by atoms with E-state index >= 15 is 0 Å². The Morgan fingerprint density at radius 1 is 1.56 bits per heavy atom. The molecule has 0 aromatic heterocycles. The number of benzene rings is 1. The van der Waals surface area contributed by atoms with E-state index in [2.05, 4.69) is 0 Å².